The van der Waals surface area contributed by atoms with Crippen molar-refractivity contribution in [1.82, 2.24) is 0 Å². The molecule has 0 aromatic heterocycles. The zero-order chi connectivity index (χ0) is 10.4. The van der Waals surface area contributed by atoms with Gasteiger partial charge < -0.3 is 14.6 Å². The van der Waals surface area contributed by atoms with E-state index in [9.17, 15) is 5.11 Å². The summed E-state index contributed by atoms with van der Waals surface area (Å²) in [5.74, 6) is 0.284. The van der Waals surface area contributed by atoms with Crippen LogP contribution in [0.25, 0.3) is 0 Å². The summed E-state index contributed by atoms with van der Waals surface area (Å²) in [6.07, 6.45) is 1.85. The van der Waals surface area contributed by atoms with Crippen LogP contribution in [-0.4, -0.2) is 17.3 Å². The number of hydrogen-bond donors (Lipinski definition) is 1. The second-order valence-electron chi connectivity index (χ2n) is 4.24. The summed E-state index contributed by atoms with van der Waals surface area (Å²) < 4.78 is 11.4. The number of hydrogen-bond acceptors (Lipinski definition) is 3. The third-order valence-electron chi connectivity index (χ3n) is 3.27. The van der Waals surface area contributed by atoms with Crippen LogP contribution in [0.2, 0.25) is 0 Å². The van der Waals surface area contributed by atoms with E-state index in [2.05, 4.69) is 0 Å². The van der Waals surface area contributed by atoms with Crippen LogP contribution in [0, 0.1) is 0 Å². The molecule has 0 saturated carbocycles. The number of rotatable bonds is 0. The van der Waals surface area contributed by atoms with E-state index in [4.69, 9.17) is 9.47 Å². The van der Waals surface area contributed by atoms with E-state index in [-0.39, 0.29) is 24.2 Å². The summed E-state index contributed by atoms with van der Waals surface area (Å²) in [5, 5.41) is 9.83. The first-order chi connectivity index (χ1) is 7.25. The first-order valence-corrected chi connectivity index (χ1v) is 5.37. The molecular formula is C12H14O3. The molecule has 3 rings (SSSR count). The minimum absolute atomic E-state index is 0.128. The second kappa shape index (κ2) is 3.22. The predicted octanol–water partition coefficient (Wildman–Crippen LogP) is 2.14. The average Bonchev–Trinajstić information content (AvgIpc) is 2.45. The van der Waals surface area contributed by atoms with Gasteiger partial charge in [-0.05, 0) is 31.4 Å². The third-order valence-corrected chi connectivity index (χ3v) is 3.27. The van der Waals surface area contributed by atoms with Gasteiger partial charge in [-0.3, -0.25) is 0 Å². The molecule has 2 aliphatic heterocycles. The third kappa shape index (κ3) is 1.34. The molecule has 0 unspecified atom stereocenters. The van der Waals surface area contributed by atoms with Gasteiger partial charge in [0, 0.05) is 0 Å². The molecule has 0 radical (unpaired) electrons. The maximum atomic E-state index is 9.83. The highest BCUT2D eigenvalue weighted by Gasteiger charge is 2.38. The molecule has 3 nitrogen and oxygen atoms in total. The second-order valence-corrected chi connectivity index (χ2v) is 4.24. The van der Waals surface area contributed by atoms with E-state index in [0.717, 1.165) is 24.0 Å². The first kappa shape index (κ1) is 9.19. The molecule has 0 amide bonds. The van der Waals surface area contributed by atoms with Crippen molar-refractivity contribution in [2.24, 2.45) is 0 Å². The van der Waals surface area contributed by atoms with Crippen molar-refractivity contribution in [1.29, 1.82) is 0 Å². The summed E-state index contributed by atoms with van der Waals surface area (Å²) in [5.41, 5.74) is 1.97. The Bertz CT molecular complexity index is 388. The predicted molar refractivity (Wildman–Crippen MR) is 54.6 cm³/mol. The average molecular weight is 206 g/mol. The van der Waals surface area contributed by atoms with Crippen LogP contribution in [0.4, 0.5) is 0 Å². The van der Waals surface area contributed by atoms with Gasteiger partial charge in [0.05, 0.1) is 17.8 Å². The van der Waals surface area contributed by atoms with Crippen LogP contribution >= 0.6 is 0 Å². The molecule has 15 heavy (non-hydrogen) atoms. The number of ether oxygens (including phenoxy) is 2. The van der Waals surface area contributed by atoms with Gasteiger partial charge in [0.2, 0.25) is 0 Å². The fourth-order valence-corrected chi connectivity index (χ4v) is 2.41. The van der Waals surface area contributed by atoms with Gasteiger partial charge >= 0.3 is 0 Å². The fourth-order valence-electron chi connectivity index (χ4n) is 2.41. The van der Waals surface area contributed by atoms with Gasteiger partial charge in [0.25, 0.3) is 0 Å². The normalized spacial score (nSPS) is 33.5. The first-order valence-electron chi connectivity index (χ1n) is 5.37. The zero-order valence-corrected chi connectivity index (χ0v) is 8.64. The van der Waals surface area contributed by atoms with Crippen LogP contribution < -0.4 is 0 Å². The quantitative estimate of drug-likeness (QED) is 0.706. The number of phenolic OH excluding ortho intramolecular Hbond substituents is 1. The molecule has 2 bridgehead atoms. The van der Waals surface area contributed by atoms with E-state index in [1.54, 1.807) is 6.07 Å². The lowest BCUT2D eigenvalue weighted by atomic mass is 9.99. The van der Waals surface area contributed by atoms with Crippen molar-refractivity contribution in [3.63, 3.8) is 0 Å². The molecule has 1 saturated heterocycles. The van der Waals surface area contributed by atoms with Gasteiger partial charge in [0.15, 0.2) is 6.29 Å². The molecule has 0 spiro atoms. The van der Waals surface area contributed by atoms with Crippen LogP contribution in [0.5, 0.6) is 5.75 Å². The Hall–Kier alpha value is -1.06. The van der Waals surface area contributed by atoms with Crippen molar-refractivity contribution in [2.45, 2.75) is 38.3 Å². The maximum absolute atomic E-state index is 9.83. The van der Waals surface area contributed by atoms with Crippen molar-refractivity contribution in [3.8, 4) is 5.75 Å². The van der Waals surface area contributed by atoms with E-state index < -0.39 is 0 Å². The summed E-state index contributed by atoms with van der Waals surface area (Å²) in [6, 6.07) is 5.60. The number of phenols is 1. The molecule has 1 N–H and O–H groups in total. The molecule has 1 aromatic carbocycles. The molecule has 3 atom stereocenters. The summed E-state index contributed by atoms with van der Waals surface area (Å²) in [4.78, 5) is 0. The van der Waals surface area contributed by atoms with Crippen molar-refractivity contribution in [3.05, 3.63) is 29.3 Å². The van der Waals surface area contributed by atoms with Gasteiger partial charge in [-0.2, -0.15) is 0 Å². The highest BCUT2D eigenvalue weighted by atomic mass is 16.7. The van der Waals surface area contributed by atoms with Crippen molar-refractivity contribution in [2.75, 3.05) is 0 Å². The van der Waals surface area contributed by atoms with E-state index in [1.807, 2.05) is 19.1 Å². The minimum atomic E-state index is -0.372. The minimum Gasteiger partial charge on any atom is -0.507 e. The monoisotopic (exact) mass is 206 g/mol. The van der Waals surface area contributed by atoms with Crippen LogP contribution in [0.3, 0.4) is 0 Å². The van der Waals surface area contributed by atoms with Crippen LogP contribution in [0.1, 0.15) is 30.8 Å². The Labute approximate surface area is 88.6 Å². The molecule has 1 aromatic rings. The molecule has 80 valence electrons. The fraction of sp³-hybridized carbons (Fsp3) is 0.500. The van der Waals surface area contributed by atoms with Gasteiger partial charge in [-0.25, -0.2) is 0 Å². The lowest BCUT2D eigenvalue weighted by molar-refractivity contribution is -0.0666. The topological polar surface area (TPSA) is 38.7 Å². The smallest absolute Gasteiger partial charge is 0.188 e. The van der Waals surface area contributed by atoms with Crippen LogP contribution in [-0.2, 0) is 15.9 Å². The Morgan fingerprint density at radius 3 is 3.07 bits per heavy atom. The summed E-state index contributed by atoms with van der Waals surface area (Å²) in [6.45, 7) is 2.02. The molecular weight excluding hydrogens is 192 g/mol. The molecule has 1 fully saturated rings. The summed E-state index contributed by atoms with van der Waals surface area (Å²) in [7, 11) is 0. The van der Waals surface area contributed by atoms with Crippen molar-refractivity contribution >= 4 is 0 Å². The molecule has 2 heterocycles. The highest BCUT2D eigenvalue weighted by Crippen LogP contribution is 2.41. The Balaban J connectivity index is 2.09. The molecule has 2 aliphatic rings. The Morgan fingerprint density at radius 1 is 1.33 bits per heavy atom. The van der Waals surface area contributed by atoms with Crippen LogP contribution in [0.15, 0.2) is 18.2 Å². The van der Waals surface area contributed by atoms with E-state index >= 15 is 0 Å². The summed E-state index contributed by atoms with van der Waals surface area (Å²) >= 11 is 0. The number of aryl methyl sites for hydroxylation is 1. The molecule has 3 heteroatoms. The number of aromatic hydroxyl groups is 1. The standard InChI is InChI=1S/C12H14O3/c1-7-10-6-5-8-3-2-4-9(13)11(8)12(14-7)15-10/h2-4,7,10,12-13H,5-6H2,1H3/t7-,10+,12-/m0/s1. The lowest BCUT2D eigenvalue weighted by Crippen LogP contribution is -2.19. The number of fused-ring (bicyclic) bond motifs is 4. The Morgan fingerprint density at radius 2 is 2.20 bits per heavy atom. The number of benzene rings is 1. The lowest BCUT2D eigenvalue weighted by Gasteiger charge is -2.16. The van der Waals surface area contributed by atoms with Crippen molar-refractivity contribution < 1.29 is 14.6 Å². The SMILES string of the molecule is C[C@@H]1O[C@H]2O[C@@H]1CCc1cccc(O)c12. The van der Waals surface area contributed by atoms with Gasteiger partial charge in [0.1, 0.15) is 5.75 Å². The largest absolute Gasteiger partial charge is 0.507 e. The van der Waals surface area contributed by atoms with E-state index in [0.29, 0.717) is 0 Å². The maximum Gasteiger partial charge on any atom is 0.188 e. The highest BCUT2D eigenvalue weighted by molar-refractivity contribution is 5.41. The van der Waals surface area contributed by atoms with Gasteiger partial charge in [-0.1, -0.05) is 12.1 Å². The zero-order valence-electron chi connectivity index (χ0n) is 8.64. The van der Waals surface area contributed by atoms with E-state index in [1.165, 1.54) is 0 Å². The van der Waals surface area contributed by atoms with Gasteiger partial charge in [-0.15, -0.1) is 0 Å². The Kier molecular flexibility index (Phi) is 1.97. The molecule has 0 aliphatic carbocycles.